The van der Waals surface area contributed by atoms with Crippen molar-refractivity contribution in [3.05, 3.63) is 24.0 Å². The monoisotopic (exact) mass is 252 g/mol. The highest BCUT2D eigenvalue weighted by molar-refractivity contribution is 5.93. The van der Waals surface area contributed by atoms with Gasteiger partial charge in [0.05, 0.1) is 0 Å². The molecule has 100 valence electrons. The average molecular weight is 252 g/mol. The van der Waals surface area contributed by atoms with E-state index < -0.39 is 5.97 Å². The lowest BCUT2D eigenvalue weighted by atomic mass is 10.3. The summed E-state index contributed by atoms with van der Waals surface area (Å²) in [5.74, 6) is -1.04. The highest BCUT2D eigenvalue weighted by Gasteiger charge is 2.18. The van der Waals surface area contributed by atoms with Crippen LogP contribution in [0.4, 0.5) is 0 Å². The molecule has 0 unspecified atom stereocenters. The maximum atomic E-state index is 12.3. The fraction of sp³-hybridized carbons (Fsp3) is 0.538. The Labute approximate surface area is 107 Å². The molecule has 18 heavy (non-hydrogen) atoms. The standard InChI is InChI=1S/C13H20N2O3/c1-3-7-14(8-4-2)13(18)11-6-5-9-15(11)10-12(16)17/h5-6,9H,3-4,7-8,10H2,1-2H3,(H,16,17). The Kier molecular flexibility index (Phi) is 5.42. The number of nitrogens with zero attached hydrogens (tertiary/aromatic N) is 2. The summed E-state index contributed by atoms with van der Waals surface area (Å²) in [6.45, 7) is 5.26. The zero-order valence-corrected chi connectivity index (χ0v) is 10.9. The molecular formula is C13H20N2O3. The SMILES string of the molecule is CCCN(CCC)C(=O)c1cccn1CC(=O)O. The van der Waals surface area contributed by atoms with Crippen LogP contribution in [0.15, 0.2) is 18.3 Å². The van der Waals surface area contributed by atoms with Crippen LogP contribution >= 0.6 is 0 Å². The highest BCUT2D eigenvalue weighted by Crippen LogP contribution is 2.08. The number of aliphatic carboxylic acids is 1. The van der Waals surface area contributed by atoms with Crippen LogP contribution in [0, 0.1) is 0 Å². The molecule has 1 N–H and O–H groups in total. The maximum Gasteiger partial charge on any atom is 0.323 e. The fourth-order valence-corrected chi connectivity index (χ4v) is 1.91. The Morgan fingerprint density at radius 3 is 2.39 bits per heavy atom. The Bertz CT molecular complexity index is 406. The van der Waals surface area contributed by atoms with E-state index in [1.165, 1.54) is 4.57 Å². The minimum absolute atomic E-state index is 0.0926. The van der Waals surface area contributed by atoms with Crippen molar-refractivity contribution < 1.29 is 14.7 Å². The Balaban J connectivity index is 2.87. The number of carboxylic acid groups (broad SMARTS) is 1. The van der Waals surface area contributed by atoms with E-state index in [0.29, 0.717) is 18.8 Å². The molecule has 0 spiro atoms. The van der Waals surface area contributed by atoms with Crippen LogP contribution in [-0.2, 0) is 11.3 Å². The maximum absolute atomic E-state index is 12.3. The van der Waals surface area contributed by atoms with Gasteiger partial charge in [0, 0.05) is 19.3 Å². The minimum Gasteiger partial charge on any atom is -0.480 e. The van der Waals surface area contributed by atoms with Gasteiger partial charge in [-0.25, -0.2) is 0 Å². The van der Waals surface area contributed by atoms with Crippen LogP contribution in [0.5, 0.6) is 0 Å². The summed E-state index contributed by atoms with van der Waals surface area (Å²) in [4.78, 5) is 24.8. The predicted molar refractivity (Wildman–Crippen MR) is 68.6 cm³/mol. The molecule has 0 aliphatic rings. The molecule has 0 radical (unpaired) electrons. The molecular weight excluding hydrogens is 232 g/mol. The second-order valence-electron chi connectivity index (χ2n) is 4.21. The normalized spacial score (nSPS) is 10.3. The summed E-state index contributed by atoms with van der Waals surface area (Å²) in [5, 5.41) is 8.79. The first-order valence-electron chi connectivity index (χ1n) is 6.26. The van der Waals surface area contributed by atoms with Gasteiger partial charge in [-0.15, -0.1) is 0 Å². The van der Waals surface area contributed by atoms with Crippen LogP contribution in [-0.4, -0.2) is 39.5 Å². The summed E-state index contributed by atoms with van der Waals surface area (Å²) in [6, 6.07) is 3.37. The van der Waals surface area contributed by atoms with E-state index in [9.17, 15) is 9.59 Å². The first-order valence-corrected chi connectivity index (χ1v) is 6.26. The van der Waals surface area contributed by atoms with Crippen molar-refractivity contribution >= 4 is 11.9 Å². The van der Waals surface area contributed by atoms with E-state index in [-0.39, 0.29) is 12.5 Å². The number of carbonyl (C=O) groups excluding carboxylic acids is 1. The number of carbonyl (C=O) groups is 2. The van der Waals surface area contributed by atoms with E-state index in [2.05, 4.69) is 0 Å². The van der Waals surface area contributed by atoms with Crippen molar-refractivity contribution in [2.24, 2.45) is 0 Å². The number of hydrogen-bond acceptors (Lipinski definition) is 2. The quantitative estimate of drug-likeness (QED) is 0.805. The molecule has 0 aromatic carbocycles. The third-order valence-electron chi connectivity index (χ3n) is 2.63. The molecule has 1 heterocycles. The Morgan fingerprint density at radius 1 is 1.28 bits per heavy atom. The van der Waals surface area contributed by atoms with E-state index in [0.717, 1.165) is 12.8 Å². The van der Waals surface area contributed by atoms with Gasteiger partial charge in [0.2, 0.25) is 0 Å². The molecule has 1 rings (SSSR count). The molecule has 5 nitrogen and oxygen atoms in total. The van der Waals surface area contributed by atoms with Crippen molar-refractivity contribution in [1.29, 1.82) is 0 Å². The van der Waals surface area contributed by atoms with Crippen molar-refractivity contribution in [3.8, 4) is 0 Å². The number of hydrogen-bond donors (Lipinski definition) is 1. The van der Waals surface area contributed by atoms with Gasteiger partial charge in [-0.1, -0.05) is 13.8 Å². The molecule has 0 aliphatic heterocycles. The van der Waals surface area contributed by atoms with Crippen LogP contribution in [0.3, 0.4) is 0 Å². The lowest BCUT2D eigenvalue weighted by Gasteiger charge is -2.22. The summed E-state index contributed by atoms with van der Waals surface area (Å²) in [6.07, 6.45) is 3.41. The van der Waals surface area contributed by atoms with E-state index in [1.807, 2.05) is 13.8 Å². The van der Waals surface area contributed by atoms with Crippen LogP contribution in [0.1, 0.15) is 37.2 Å². The topological polar surface area (TPSA) is 62.5 Å². The minimum atomic E-state index is -0.946. The lowest BCUT2D eigenvalue weighted by Crippen LogP contribution is -2.34. The molecule has 1 aromatic rings. The molecule has 0 atom stereocenters. The van der Waals surface area contributed by atoms with Gasteiger partial charge < -0.3 is 14.6 Å². The van der Waals surface area contributed by atoms with E-state index in [1.54, 1.807) is 23.2 Å². The molecule has 0 fully saturated rings. The number of aromatic nitrogens is 1. The molecule has 0 saturated heterocycles. The highest BCUT2D eigenvalue weighted by atomic mass is 16.4. The summed E-state index contributed by atoms with van der Waals surface area (Å²) >= 11 is 0. The van der Waals surface area contributed by atoms with Gasteiger partial charge in [-0.2, -0.15) is 0 Å². The smallest absolute Gasteiger partial charge is 0.323 e. The van der Waals surface area contributed by atoms with E-state index in [4.69, 9.17) is 5.11 Å². The molecule has 0 aliphatic carbocycles. The van der Waals surface area contributed by atoms with Crippen LogP contribution in [0.25, 0.3) is 0 Å². The Hall–Kier alpha value is -1.78. The lowest BCUT2D eigenvalue weighted by molar-refractivity contribution is -0.137. The summed E-state index contributed by atoms with van der Waals surface area (Å²) in [7, 11) is 0. The number of rotatable bonds is 7. The van der Waals surface area contributed by atoms with Crippen molar-refractivity contribution in [2.75, 3.05) is 13.1 Å². The van der Waals surface area contributed by atoms with Gasteiger partial charge >= 0.3 is 5.97 Å². The van der Waals surface area contributed by atoms with Crippen LogP contribution in [0.2, 0.25) is 0 Å². The van der Waals surface area contributed by atoms with Crippen molar-refractivity contribution in [3.63, 3.8) is 0 Å². The second-order valence-corrected chi connectivity index (χ2v) is 4.21. The summed E-state index contributed by atoms with van der Waals surface area (Å²) < 4.78 is 1.48. The first-order chi connectivity index (χ1) is 8.60. The molecule has 1 aromatic heterocycles. The Morgan fingerprint density at radius 2 is 1.89 bits per heavy atom. The second kappa shape index (κ2) is 6.83. The van der Waals surface area contributed by atoms with E-state index >= 15 is 0 Å². The molecule has 0 bridgehead atoms. The zero-order valence-electron chi connectivity index (χ0n) is 10.9. The average Bonchev–Trinajstić information content (AvgIpc) is 2.75. The third-order valence-corrected chi connectivity index (χ3v) is 2.63. The van der Waals surface area contributed by atoms with Gasteiger partial charge in [0.1, 0.15) is 12.2 Å². The summed E-state index contributed by atoms with van der Waals surface area (Å²) in [5.41, 5.74) is 0.444. The molecule has 0 saturated carbocycles. The number of carboxylic acids is 1. The molecule has 5 heteroatoms. The predicted octanol–water partition coefficient (Wildman–Crippen LogP) is 1.83. The van der Waals surface area contributed by atoms with Gasteiger partial charge in [-0.05, 0) is 25.0 Å². The van der Waals surface area contributed by atoms with Crippen LogP contribution < -0.4 is 0 Å². The zero-order chi connectivity index (χ0) is 13.5. The first kappa shape index (κ1) is 14.3. The molecule has 1 amide bonds. The fourth-order valence-electron chi connectivity index (χ4n) is 1.91. The third kappa shape index (κ3) is 3.61. The number of amides is 1. The largest absolute Gasteiger partial charge is 0.480 e. The van der Waals surface area contributed by atoms with Crippen molar-refractivity contribution in [1.82, 2.24) is 9.47 Å². The van der Waals surface area contributed by atoms with Crippen molar-refractivity contribution in [2.45, 2.75) is 33.2 Å². The van der Waals surface area contributed by atoms with Gasteiger partial charge in [0.15, 0.2) is 0 Å². The van der Waals surface area contributed by atoms with Gasteiger partial charge in [0.25, 0.3) is 5.91 Å². The van der Waals surface area contributed by atoms with Gasteiger partial charge in [-0.3, -0.25) is 9.59 Å².